The van der Waals surface area contributed by atoms with Gasteiger partial charge in [0.2, 0.25) is 0 Å². The number of likely N-dealkylation sites (N-methyl/N-ethyl adjacent to an activating group) is 4. The molecule has 0 radical (unpaired) electrons. The van der Waals surface area contributed by atoms with E-state index in [1.807, 2.05) is 76.2 Å². The van der Waals surface area contributed by atoms with E-state index in [9.17, 15) is 43.5 Å². The first-order valence-corrected chi connectivity index (χ1v) is 28.9. The van der Waals surface area contributed by atoms with Crippen LogP contribution in [0.25, 0.3) is 0 Å². The largest absolute Gasteiger partial charge is 0.479 e. The van der Waals surface area contributed by atoms with Crippen LogP contribution in [-0.4, -0.2) is 197 Å². The molecule has 21 heteroatoms. The molecule has 0 spiro atoms. The molecule has 3 amide bonds. The zero-order valence-electron chi connectivity index (χ0n) is 49.2. The number of nitrogens with zero attached hydrogens (tertiary/aromatic N) is 5. The number of rotatable bonds is 30. The second-order valence-electron chi connectivity index (χ2n) is 23.1. The number of hydrogen-bond donors (Lipinski definition) is 2. The average molecular weight is 1130 g/mol. The summed E-state index contributed by atoms with van der Waals surface area (Å²) in [4.78, 5) is 120. The Bertz CT molecular complexity index is 2440. The maximum absolute atomic E-state index is 14.7. The average Bonchev–Trinajstić information content (AvgIpc) is 4.44. The van der Waals surface area contributed by atoms with E-state index >= 15 is 0 Å². The molecule has 2 N–H and O–H groups in total. The maximum atomic E-state index is 14.7. The lowest BCUT2D eigenvalue weighted by molar-refractivity contribution is -0.174. The molecule has 4 aliphatic rings. The van der Waals surface area contributed by atoms with E-state index in [1.165, 1.54) is 44.8 Å². The number of amides is 3. The molecule has 4 fully saturated rings. The number of carbonyl (C=O) groups is 8. The van der Waals surface area contributed by atoms with Gasteiger partial charge in [-0.3, -0.25) is 19.2 Å². The number of carbonyl (C=O) groups excluding carboxylic acids is 7. The van der Waals surface area contributed by atoms with Gasteiger partial charge in [0.15, 0.2) is 24.4 Å². The van der Waals surface area contributed by atoms with Crippen LogP contribution in [-0.2, 0) is 79.6 Å². The number of ether oxygens (including phenoxy) is 6. The molecule has 448 valence electrons. The van der Waals surface area contributed by atoms with E-state index in [1.54, 1.807) is 7.05 Å². The van der Waals surface area contributed by atoms with Crippen molar-refractivity contribution in [2.75, 3.05) is 90.6 Å². The molecule has 21 nitrogen and oxygen atoms in total. The molecule has 2 aromatic rings. The zero-order chi connectivity index (χ0) is 59.1. The number of nitrogens with one attached hydrogen (secondary N) is 1. The molecule has 2 saturated heterocycles. The molecule has 6 rings (SSSR count). The van der Waals surface area contributed by atoms with E-state index < -0.39 is 96.2 Å². The fourth-order valence-corrected chi connectivity index (χ4v) is 10.2. The van der Waals surface area contributed by atoms with Crippen LogP contribution in [0.2, 0.25) is 0 Å². The zero-order valence-corrected chi connectivity index (χ0v) is 49.2. The quantitative estimate of drug-likeness (QED) is 0.0797. The first-order chi connectivity index (χ1) is 38.5. The summed E-state index contributed by atoms with van der Waals surface area (Å²) in [6, 6.07) is 10.8. The molecule has 8 atom stereocenters. The summed E-state index contributed by atoms with van der Waals surface area (Å²) in [5, 5.41) is 12.6. The summed E-state index contributed by atoms with van der Waals surface area (Å²) in [7, 11) is 5.92. The lowest BCUT2D eigenvalue weighted by atomic mass is 10.0. The van der Waals surface area contributed by atoms with Crippen molar-refractivity contribution in [3.63, 3.8) is 0 Å². The van der Waals surface area contributed by atoms with Crippen molar-refractivity contribution in [3.05, 3.63) is 59.7 Å². The fourth-order valence-electron chi connectivity index (χ4n) is 10.2. The Morgan fingerprint density at radius 1 is 0.531 bits per heavy atom. The van der Waals surface area contributed by atoms with Gasteiger partial charge in [0.25, 0.3) is 17.7 Å². The monoisotopic (exact) mass is 1130 g/mol. The summed E-state index contributed by atoms with van der Waals surface area (Å²) in [6.45, 7) is 15.3. The first kappa shape index (κ1) is 63.9. The highest BCUT2D eigenvalue weighted by Crippen LogP contribution is 2.36. The Balaban J connectivity index is 1.20. The van der Waals surface area contributed by atoms with Crippen LogP contribution in [0.15, 0.2) is 48.5 Å². The van der Waals surface area contributed by atoms with Gasteiger partial charge in [0.05, 0.1) is 26.4 Å². The van der Waals surface area contributed by atoms with Crippen LogP contribution in [0.1, 0.15) is 104 Å². The molecule has 0 unspecified atom stereocenters. The van der Waals surface area contributed by atoms with Gasteiger partial charge >= 0.3 is 29.8 Å². The van der Waals surface area contributed by atoms with E-state index in [-0.39, 0.29) is 49.9 Å². The lowest BCUT2D eigenvalue weighted by Crippen LogP contribution is -2.53. The Morgan fingerprint density at radius 3 is 1.28 bits per heavy atom. The maximum Gasteiger partial charge on any atom is 0.344 e. The van der Waals surface area contributed by atoms with Crippen molar-refractivity contribution >= 4 is 58.9 Å². The van der Waals surface area contributed by atoms with Crippen molar-refractivity contribution in [1.29, 1.82) is 0 Å². The fraction of sp³-hybridized carbons (Fsp3) is 0.667. The summed E-state index contributed by atoms with van der Waals surface area (Å²) in [5.74, 6) is -6.60. The topological polar surface area (TPSA) is 240 Å². The van der Waals surface area contributed by atoms with Crippen LogP contribution in [0.5, 0.6) is 0 Å². The normalized spacial score (nSPS) is 18.5. The van der Waals surface area contributed by atoms with Gasteiger partial charge in [-0.2, -0.15) is 0 Å². The van der Waals surface area contributed by atoms with Crippen molar-refractivity contribution in [1.82, 2.24) is 20.0 Å². The number of carboxylic acid groups (broad SMARTS) is 1. The second kappa shape index (κ2) is 30.1. The van der Waals surface area contributed by atoms with Gasteiger partial charge in [-0.05, 0) is 106 Å². The number of hydrogen-bond acceptors (Lipinski definition) is 17. The number of aliphatic carboxylic acids is 1. The van der Waals surface area contributed by atoms with Crippen LogP contribution < -0.4 is 15.1 Å². The molecule has 2 saturated carbocycles. The molecular weight excluding hydrogens is 1040 g/mol. The number of anilines is 2. The molecule has 81 heavy (non-hydrogen) atoms. The highest BCUT2D eigenvalue weighted by molar-refractivity contribution is 5.93. The van der Waals surface area contributed by atoms with Gasteiger partial charge in [-0.15, -0.1) is 0 Å². The van der Waals surface area contributed by atoms with E-state index in [2.05, 4.69) is 15.1 Å². The van der Waals surface area contributed by atoms with Gasteiger partial charge in [-0.1, -0.05) is 77.6 Å². The molecule has 0 aromatic heterocycles. The standard InChI is InChI=1S/C60H88N6O15/c1-37(2)31-48(63(9)54(68)51(80-57(72)47(61-7)33-41-11-12-41)35-43-15-19-45(20-16-43)65-23-27-76-28-24-65)58(73)78-39(5)53(67)62(8)50(34-42-13-14-42)60(75)81-52(36-44-17-21-46(22-18-44)66-25-29-77-30-26-66)55(69)64(10)49(32-38(3)4)59(74)79-40(6)56(70)71/h15-22,37-42,47-52,61H,11-14,23-36H2,1-10H3,(H,70,71)/t39-,40-,47+,48+,49+,50+,51-,52-/m1/s1. The van der Waals surface area contributed by atoms with Gasteiger partial charge in [0.1, 0.15) is 24.2 Å². The minimum Gasteiger partial charge on any atom is -0.479 e. The molecule has 2 aliphatic carbocycles. The lowest BCUT2D eigenvalue weighted by Gasteiger charge is -2.34. The van der Waals surface area contributed by atoms with Crippen LogP contribution in [0.4, 0.5) is 11.4 Å². The van der Waals surface area contributed by atoms with Crippen LogP contribution in [0.3, 0.4) is 0 Å². The third kappa shape index (κ3) is 18.9. The van der Waals surface area contributed by atoms with Crippen LogP contribution in [0, 0.1) is 23.7 Å². The van der Waals surface area contributed by atoms with Crippen molar-refractivity contribution < 1.29 is 71.9 Å². The number of benzene rings is 2. The van der Waals surface area contributed by atoms with E-state index in [0.29, 0.717) is 57.4 Å². The third-order valence-electron chi connectivity index (χ3n) is 15.6. The van der Waals surface area contributed by atoms with Gasteiger partial charge in [0, 0.05) is 71.5 Å². The number of esters is 4. The highest BCUT2D eigenvalue weighted by Gasteiger charge is 2.43. The molecule has 2 aliphatic heterocycles. The van der Waals surface area contributed by atoms with Gasteiger partial charge in [-0.25, -0.2) is 19.2 Å². The molecule has 2 aromatic carbocycles. The second-order valence-corrected chi connectivity index (χ2v) is 23.1. The van der Waals surface area contributed by atoms with E-state index in [4.69, 9.17) is 28.4 Å². The summed E-state index contributed by atoms with van der Waals surface area (Å²) in [5.41, 5.74) is 3.31. The minimum atomic E-state index is -1.51. The smallest absolute Gasteiger partial charge is 0.344 e. The predicted octanol–water partition coefficient (Wildman–Crippen LogP) is 4.68. The minimum absolute atomic E-state index is 0.0286. The summed E-state index contributed by atoms with van der Waals surface area (Å²) in [6.07, 6.45) is -1.27. The Kier molecular flexibility index (Phi) is 23.7. The van der Waals surface area contributed by atoms with Gasteiger partial charge < -0.3 is 63.3 Å². The first-order valence-electron chi connectivity index (χ1n) is 28.9. The Hall–Kier alpha value is -6.32. The van der Waals surface area contributed by atoms with E-state index in [0.717, 1.165) is 60.6 Å². The Morgan fingerprint density at radius 2 is 0.901 bits per heavy atom. The SMILES string of the molecule is CN[C@@H](CC1CC1)C(=O)O[C@H](Cc1ccc(N2CCOCC2)cc1)C(=O)N(C)[C@@H](CC(C)C)C(=O)O[C@H](C)C(=O)N(C)[C@@H](CC1CC1)C(=O)O[C@H](Cc1ccc(N2CCOCC2)cc1)C(=O)N(C)[C@@H](CC(C)C)C(=O)O[C@H](C)C(=O)O. The van der Waals surface area contributed by atoms with Crippen molar-refractivity contribution in [2.24, 2.45) is 23.7 Å². The predicted molar refractivity (Wildman–Crippen MR) is 301 cm³/mol. The molecule has 0 bridgehead atoms. The summed E-state index contributed by atoms with van der Waals surface area (Å²) < 4.78 is 34.5. The number of morpholine rings is 2. The Labute approximate surface area is 477 Å². The van der Waals surface area contributed by atoms with Crippen molar-refractivity contribution in [3.8, 4) is 0 Å². The highest BCUT2D eigenvalue weighted by atomic mass is 16.6. The molecular formula is C60H88N6O15. The number of carboxylic acids is 1. The molecule has 2 heterocycles. The van der Waals surface area contributed by atoms with Crippen LogP contribution >= 0.6 is 0 Å². The summed E-state index contributed by atoms with van der Waals surface area (Å²) >= 11 is 0. The third-order valence-corrected chi connectivity index (χ3v) is 15.6. The van der Waals surface area contributed by atoms with Crippen molar-refractivity contribution in [2.45, 2.75) is 154 Å².